The Morgan fingerprint density at radius 3 is 2.10 bits per heavy atom. The topological polar surface area (TPSA) is 0 Å². The van der Waals surface area contributed by atoms with Gasteiger partial charge in [0.1, 0.15) is 0 Å². The lowest BCUT2D eigenvalue weighted by atomic mass is 9.80. The zero-order valence-electron chi connectivity index (χ0n) is 7.91. The van der Waals surface area contributed by atoms with Crippen LogP contribution in [0.4, 0.5) is 0 Å². The van der Waals surface area contributed by atoms with Crippen LogP contribution >= 0.6 is 0 Å². The minimum Gasteiger partial charge on any atom is -0.0651 e. The van der Waals surface area contributed by atoms with Gasteiger partial charge in [-0.2, -0.15) is 0 Å². The highest BCUT2D eigenvalue weighted by Gasteiger charge is 2.17. The zero-order valence-corrected chi connectivity index (χ0v) is 7.91. The first-order valence-electron chi connectivity index (χ1n) is 4.35. The van der Waals surface area contributed by atoms with E-state index >= 15 is 0 Å². The minimum atomic E-state index is 0.502. The average Bonchev–Trinajstić information content (AvgIpc) is 1.87. The second-order valence-electron chi connectivity index (χ2n) is 4.00. The summed E-state index contributed by atoms with van der Waals surface area (Å²) in [5.41, 5.74) is 0.502. The summed E-state index contributed by atoms with van der Waals surface area (Å²) in [5.74, 6) is 0.648. The van der Waals surface area contributed by atoms with E-state index in [0.29, 0.717) is 11.3 Å². The predicted molar refractivity (Wildman–Crippen MR) is 47.8 cm³/mol. The van der Waals surface area contributed by atoms with E-state index in [-0.39, 0.29) is 0 Å². The molecule has 0 nitrogen and oxygen atoms in total. The molecule has 0 heteroatoms. The van der Waals surface area contributed by atoms with Gasteiger partial charge in [0.15, 0.2) is 0 Å². The molecule has 0 saturated heterocycles. The van der Waals surface area contributed by atoms with Crippen molar-refractivity contribution in [2.75, 3.05) is 0 Å². The second kappa shape index (κ2) is 4.00. The Morgan fingerprint density at radius 1 is 1.30 bits per heavy atom. The lowest BCUT2D eigenvalue weighted by molar-refractivity contribution is 0.277. The third-order valence-electron chi connectivity index (χ3n) is 2.38. The van der Waals surface area contributed by atoms with Crippen LogP contribution in [-0.4, -0.2) is 0 Å². The molecule has 0 bridgehead atoms. The van der Waals surface area contributed by atoms with Gasteiger partial charge in [-0.3, -0.25) is 0 Å². The normalized spacial score (nSPS) is 15.3. The molecule has 0 aliphatic carbocycles. The van der Waals surface area contributed by atoms with Crippen LogP contribution in [0.15, 0.2) is 0 Å². The largest absolute Gasteiger partial charge is 0.0651 e. The first-order valence-corrected chi connectivity index (χ1v) is 4.35. The minimum absolute atomic E-state index is 0.502. The van der Waals surface area contributed by atoms with Crippen LogP contribution in [0.1, 0.15) is 47.0 Å². The fourth-order valence-electron chi connectivity index (χ4n) is 1.07. The van der Waals surface area contributed by atoms with E-state index in [0.717, 1.165) is 0 Å². The molecule has 0 N–H and O–H groups in total. The van der Waals surface area contributed by atoms with Gasteiger partial charge in [0.05, 0.1) is 0 Å². The van der Waals surface area contributed by atoms with Gasteiger partial charge in [-0.05, 0) is 17.8 Å². The van der Waals surface area contributed by atoms with Gasteiger partial charge in [-0.25, -0.2) is 0 Å². The van der Waals surface area contributed by atoms with Crippen molar-refractivity contribution in [1.29, 1.82) is 0 Å². The maximum absolute atomic E-state index is 4.09. The Hall–Kier alpha value is 0. The van der Waals surface area contributed by atoms with Crippen molar-refractivity contribution in [3.8, 4) is 0 Å². The molecule has 0 aliphatic rings. The van der Waals surface area contributed by atoms with Gasteiger partial charge in [0, 0.05) is 0 Å². The van der Waals surface area contributed by atoms with Crippen molar-refractivity contribution in [3.05, 3.63) is 6.92 Å². The summed E-state index contributed by atoms with van der Waals surface area (Å²) in [6.45, 7) is 13.2. The van der Waals surface area contributed by atoms with Gasteiger partial charge in [0.25, 0.3) is 0 Å². The molecule has 0 fully saturated rings. The molecule has 0 aromatic carbocycles. The first kappa shape index (κ1) is 10.0. The molecule has 0 heterocycles. The van der Waals surface area contributed by atoms with E-state index in [1.165, 1.54) is 19.3 Å². The zero-order chi connectivity index (χ0) is 8.20. The van der Waals surface area contributed by atoms with E-state index in [1.54, 1.807) is 0 Å². The monoisotopic (exact) mass is 141 g/mol. The predicted octanol–water partition coefficient (Wildman–Crippen LogP) is 3.67. The number of hydrogen-bond acceptors (Lipinski definition) is 0. The van der Waals surface area contributed by atoms with E-state index in [1.807, 2.05) is 0 Å². The van der Waals surface area contributed by atoms with Gasteiger partial charge < -0.3 is 0 Å². The standard InChI is InChI=1S/C10H21/c1-6-9(3)8-10(4,5)7-2/h9H,3,6-8H2,1-2,4-5H3/t9-/m0/s1. The van der Waals surface area contributed by atoms with E-state index < -0.39 is 0 Å². The van der Waals surface area contributed by atoms with Crippen molar-refractivity contribution in [2.24, 2.45) is 11.3 Å². The van der Waals surface area contributed by atoms with Gasteiger partial charge in [0.2, 0.25) is 0 Å². The smallest absolute Gasteiger partial charge is 0.0354 e. The van der Waals surface area contributed by atoms with E-state index in [9.17, 15) is 0 Å². The molecule has 0 rings (SSSR count). The van der Waals surface area contributed by atoms with Crippen molar-refractivity contribution in [1.82, 2.24) is 0 Å². The van der Waals surface area contributed by atoms with Crippen LogP contribution in [0.5, 0.6) is 0 Å². The molecule has 10 heavy (non-hydrogen) atoms. The van der Waals surface area contributed by atoms with Crippen LogP contribution < -0.4 is 0 Å². The molecule has 0 aromatic heterocycles. The summed E-state index contributed by atoms with van der Waals surface area (Å²) in [4.78, 5) is 0. The summed E-state index contributed by atoms with van der Waals surface area (Å²) in [7, 11) is 0. The maximum Gasteiger partial charge on any atom is -0.0354 e. The lowest BCUT2D eigenvalue weighted by Gasteiger charge is -2.25. The summed E-state index contributed by atoms with van der Waals surface area (Å²) >= 11 is 0. The van der Waals surface area contributed by atoms with Crippen molar-refractivity contribution in [3.63, 3.8) is 0 Å². The highest BCUT2D eigenvalue weighted by atomic mass is 14.2. The van der Waals surface area contributed by atoms with E-state index in [4.69, 9.17) is 0 Å². The average molecular weight is 141 g/mol. The second-order valence-corrected chi connectivity index (χ2v) is 4.00. The van der Waals surface area contributed by atoms with Crippen LogP contribution in [0, 0.1) is 18.3 Å². The fraction of sp³-hybridized carbons (Fsp3) is 0.900. The number of rotatable bonds is 4. The third-order valence-corrected chi connectivity index (χ3v) is 2.38. The van der Waals surface area contributed by atoms with Crippen molar-refractivity contribution < 1.29 is 0 Å². The molecule has 61 valence electrons. The molecule has 0 amide bonds. The third kappa shape index (κ3) is 3.92. The summed E-state index contributed by atoms with van der Waals surface area (Å²) in [5, 5.41) is 0. The summed E-state index contributed by atoms with van der Waals surface area (Å²) in [6, 6.07) is 0. The van der Waals surface area contributed by atoms with Crippen LogP contribution in [0.2, 0.25) is 0 Å². The van der Waals surface area contributed by atoms with Gasteiger partial charge >= 0.3 is 0 Å². The molecule has 0 saturated carbocycles. The molecular formula is C10H21. The summed E-state index contributed by atoms with van der Waals surface area (Å²) < 4.78 is 0. The molecule has 0 spiro atoms. The Balaban J connectivity index is 3.64. The molecule has 1 atom stereocenters. The maximum atomic E-state index is 4.09. The molecule has 1 radical (unpaired) electrons. The Kier molecular flexibility index (Phi) is 4.00. The van der Waals surface area contributed by atoms with Gasteiger partial charge in [-0.1, -0.05) is 47.5 Å². The molecular weight excluding hydrogens is 120 g/mol. The lowest BCUT2D eigenvalue weighted by Crippen LogP contribution is -2.13. The molecule has 0 unspecified atom stereocenters. The Bertz CT molecular complexity index is 82.0. The number of hydrogen-bond donors (Lipinski definition) is 0. The highest BCUT2D eigenvalue weighted by molar-refractivity contribution is 4.72. The molecule has 0 aliphatic heterocycles. The fourth-order valence-corrected chi connectivity index (χ4v) is 1.07. The highest BCUT2D eigenvalue weighted by Crippen LogP contribution is 2.29. The van der Waals surface area contributed by atoms with Crippen molar-refractivity contribution >= 4 is 0 Å². The van der Waals surface area contributed by atoms with Crippen LogP contribution in [0.3, 0.4) is 0 Å². The quantitative estimate of drug-likeness (QED) is 0.560. The van der Waals surface area contributed by atoms with E-state index in [2.05, 4.69) is 34.6 Å². The van der Waals surface area contributed by atoms with Crippen LogP contribution in [0.25, 0.3) is 0 Å². The SMILES string of the molecule is [CH2][C@@H](CC)CC(C)(C)CC. The van der Waals surface area contributed by atoms with Gasteiger partial charge in [-0.15, -0.1) is 0 Å². The first-order chi connectivity index (χ1) is 4.52. The molecule has 0 aromatic rings. The summed E-state index contributed by atoms with van der Waals surface area (Å²) in [6.07, 6.45) is 3.74. The Morgan fingerprint density at radius 2 is 1.80 bits per heavy atom. The van der Waals surface area contributed by atoms with Crippen molar-refractivity contribution in [2.45, 2.75) is 47.0 Å². The Labute approximate surface area is 66.0 Å². The van der Waals surface area contributed by atoms with Crippen LogP contribution in [-0.2, 0) is 0 Å².